The Morgan fingerprint density at radius 3 is 2.58 bits per heavy atom. The SMILES string of the molecule is C=C(C)COCCNC1CCN(CC=C(C)C)CC1. The van der Waals surface area contributed by atoms with E-state index in [1.54, 1.807) is 0 Å². The molecule has 0 aromatic carbocycles. The van der Waals surface area contributed by atoms with E-state index in [0.717, 1.165) is 25.3 Å². The Morgan fingerprint density at radius 2 is 2.00 bits per heavy atom. The number of hydrogen-bond donors (Lipinski definition) is 1. The standard InChI is InChI=1S/C16H30N2O/c1-14(2)5-9-18-10-6-16(7-11-18)17-8-12-19-13-15(3)4/h5,16-17H,3,6-13H2,1-2,4H3. The van der Waals surface area contributed by atoms with Gasteiger partial charge in [-0.3, -0.25) is 4.90 Å². The molecule has 0 unspecified atom stereocenters. The molecule has 1 aliphatic rings. The number of likely N-dealkylation sites (tertiary alicyclic amines) is 1. The molecule has 0 amide bonds. The van der Waals surface area contributed by atoms with Gasteiger partial charge in [-0.25, -0.2) is 0 Å². The molecule has 3 heteroatoms. The van der Waals surface area contributed by atoms with E-state index >= 15 is 0 Å². The summed E-state index contributed by atoms with van der Waals surface area (Å²) in [6.45, 7) is 16.1. The van der Waals surface area contributed by atoms with E-state index in [1.165, 1.54) is 31.5 Å². The van der Waals surface area contributed by atoms with Crippen LogP contribution < -0.4 is 5.32 Å². The summed E-state index contributed by atoms with van der Waals surface area (Å²) in [4.78, 5) is 2.53. The lowest BCUT2D eigenvalue weighted by molar-refractivity contribution is 0.147. The van der Waals surface area contributed by atoms with Crippen LogP contribution >= 0.6 is 0 Å². The lowest BCUT2D eigenvalue weighted by Gasteiger charge is -2.31. The molecule has 1 saturated heterocycles. The van der Waals surface area contributed by atoms with Gasteiger partial charge in [0.25, 0.3) is 0 Å². The smallest absolute Gasteiger partial charge is 0.0672 e. The van der Waals surface area contributed by atoms with Crippen molar-refractivity contribution in [1.29, 1.82) is 0 Å². The molecule has 0 aliphatic carbocycles. The summed E-state index contributed by atoms with van der Waals surface area (Å²) in [5.74, 6) is 0. The van der Waals surface area contributed by atoms with Crippen LogP contribution in [0.3, 0.4) is 0 Å². The molecule has 0 radical (unpaired) electrons. The number of rotatable bonds is 8. The van der Waals surface area contributed by atoms with Gasteiger partial charge in [-0.2, -0.15) is 0 Å². The van der Waals surface area contributed by atoms with Crippen molar-refractivity contribution in [1.82, 2.24) is 10.2 Å². The van der Waals surface area contributed by atoms with Crippen LogP contribution in [0.5, 0.6) is 0 Å². The van der Waals surface area contributed by atoms with Crippen molar-refractivity contribution in [2.24, 2.45) is 0 Å². The van der Waals surface area contributed by atoms with Crippen molar-refractivity contribution in [3.8, 4) is 0 Å². The van der Waals surface area contributed by atoms with E-state index in [2.05, 4.69) is 36.7 Å². The van der Waals surface area contributed by atoms with Gasteiger partial charge >= 0.3 is 0 Å². The Balaban J connectivity index is 2.03. The third-order valence-electron chi connectivity index (χ3n) is 3.37. The second-order valence-corrected chi connectivity index (χ2v) is 5.82. The molecule has 1 aliphatic heterocycles. The molecule has 0 atom stereocenters. The minimum absolute atomic E-state index is 0.663. The fraction of sp³-hybridized carbons (Fsp3) is 0.750. The molecule has 1 heterocycles. The van der Waals surface area contributed by atoms with Crippen LogP contribution in [0.1, 0.15) is 33.6 Å². The van der Waals surface area contributed by atoms with E-state index in [1.807, 2.05) is 6.92 Å². The second-order valence-electron chi connectivity index (χ2n) is 5.82. The highest BCUT2D eigenvalue weighted by molar-refractivity contribution is 4.95. The van der Waals surface area contributed by atoms with Crippen molar-refractivity contribution in [3.05, 3.63) is 23.8 Å². The molecule has 1 fully saturated rings. The van der Waals surface area contributed by atoms with Gasteiger partial charge in [0.2, 0.25) is 0 Å². The van der Waals surface area contributed by atoms with E-state index in [4.69, 9.17) is 4.74 Å². The summed E-state index contributed by atoms with van der Waals surface area (Å²) in [5, 5.41) is 3.58. The lowest BCUT2D eigenvalue weighted by atomic mass is 10.1. The van der Waals surface area contributed by atoms with Gasteiger partial charge in [-0.1, -0.05) is 23.8 Å². The zero-order chi connectivity index (χ0) is 14.1. The van der Waals surface area contributed by atoms with Gasteiger partial charge in [-0.05, 0) is 46.7 Å². The quantitative estimate of drug-likeness (QED) is 0.540. The Kier molecular flexibility index (Phi) is 8.03. The summed E-state index contributed by atoms with van der Waals surface area (Å²) in [5.41, 5.74) is 2.50. The zero-order valence-electron chi connectivity index (χ0n) is 12.9. The summed E-state index contributed by atoms with van der Waals surface area (Å²) < 4.78 is 5.49. The zero-order valence-corrected chi connectivity index (χ0v) is 12.9. The summed E-state index contributed by atoms with van der Waals surface area (Å²) in [6.07, 6.45) is 4.81. The van der Waals surface area contributed by atoms with Crippen molar-refractivity contribution >= 4 is 0 Å². The molecular formula is C16H30N2O. The van der Waals surface area contributed by atoms with Crippen molar-refractivity contribution in [2.75, 3.05) is 39.4 Å². The maximum atomic E-state index is 5.49. The third kappa shape index (κ3) is 8.19. The Morgan fingerprint density at radius 1 is 1.32 bits per heavy atom. The molecule has 0 bridgehead atoms. The monoisotopic (exact) mass is 266 g/mol. The minimum atomic E-state index is 0.663. The van der Waals surface area contributed by atoms with Crippen LogP contribution in [0.4, 0.5) is 0 Å². The van der Waals surface area contributed by atoms with E-state index in [-0.39, 0.29) is 0 Å². The Bertz CT molecular complexity index is 287. The lowest BCUT2D eigenvalue weighted by Crippen LogP contribution is -2.43. The molecule has 110 valence electrons. The summed E-state index contributed by atoms with van der Waals surface area (Å²) >= 11 is 0. The highest BCUT2D eigenvalue weighted by Crippen LogP contribution is 2.10. The van der Waals surface area contributed by atoms with Crippen LogP contribution in [0, 0.1) is 0 Å². The van der Waals surface area contributed by atoms with Crippen molar-refractivity contribution in [3.63, 3.8) is 0 Å². The van der Waals surface area contributed by atoms with E-state index in [0.29, 0.717) is 12.6 Å². The molecule has 1 rings (SSSR count). The number of ether oxygens (including phenoxy) is 1. The number of nitrogens with zero attached hydrogens (tertiary/aromatic N) is 1. The Hall–Kier alpha value is -0.640. The van der Waals surface area contributed by atoms with Gasteiger partial charge in [0.05, 0.1) is 13.2 Å². The van der Waals surface area contributed by atoms with Crippen LogP contribution in [0.15, 0.2) is 23.8 Å². The van der Waals surface area contributed by atoms with Gasteiger partial charge in [-0.15, -0.1) is 0 Å². The topological polar surface area (TPSA) is 24.5 Å². The van der Waals surface area contributed by atoms with Gasteiger partial charge in [0.15, 0.2) is 0 Å². The molecule has 3 nitrogen and oxygen atoms in total. The number of allylic oxidation sites excluding steroid dienone is 1. The van der Waals surface area contributed by atoms with Crippen LogP contribution in [-0.2, 0) is 4.74 Å². The molecular weight excluding hydrogens is 236 g/mol. The number of piperidine rings is 1. The predicted molar refractivity (Wildman–Crippen MR) is 82.5 cm³/mol. The van der Waals surface area contributed by atoms with E-state index in [9.17, 15) is 0 Å². The van der Waals surface area contributed by atoms with Crippen LogP contribution in [0.25, 0.3) is 0 Å². The van der Waals surface area contributed by atoms with Crippen LogP contribution in [-0.4, -0.2) is 50.3 Å². The molecule has 0 aromatic rings. The first-order chi connectivity index (χ1) is 9.08. The van der Waals surface area contributed by atoms with Gasteiger partial charge in [0.1, 0.15) is 0 Å². The average Bonchev–Trinajstić information content (AvgIpc) is 2.37. The normalized spacial score (nSPS) is 17.4. The van der Waals surface area contributed by atoms with Gasteiger partial charge in [0, 0.05) is 19.1 Å². The maximum absolute atomic E-state index is 5.49. The fourth-order valence-electron chi connectivity index (χ4n) is 2.21. The highest BCUT2D eigenvalue weighted by atomic mass is 16.5. The largest absolute Gasteiger partial charge is 0.376 e. The highest BCUT2D eigenvalue weighted by Gasteiger charge is 2.17. The molecule has 19 heavy (non-hydrogen) atoms. The number of hydrogen-bond acceptors (Lipinski definition) is 3. The summed E-state index contributed by atoms with van der Waals surface area (Å²) in [7, 11) is 0. The third-order valence-corrected chi connectivity index (χ3v) is 3.37. The first-order valence-electron chi connectivity index (χ1n) is 7.39. The fourth-order valence-corrected chi connectivity index (χ4v) is 2.21. The molecule has 0 spiro atoms. The maximum Gasteiger partial charge on any atom is 0.0672 e. The molecule has 0 saturated carbocycles. The van der Waals surface area contributed by atoms with E-state index < -0.39 is 0 Å². The Labute approximate surface area is 118 Å². The second kappa shape index (κ2) is 9.29. The average molecular weight is 266 g/mol. The summed E-state index contributed by atoms with van der Waals surface area (Å²) in [6, 6.07) is 0.663. The minimum Gasteiger partial charge on any atom is -0.376 e. The van der Waals surface area contributed by atoms with Crippen molar-refractivity contribution < 1.29 is 4.74 Å². The first-order valence-corrected chi connectivity index (χ1v) is 7.39. The first kappa shape index (κ1) is 16.4. The van der Waals surface area contributed by atoms with Crippen molar-refractivity contribution in [2.45, 2.75) is 39.7 Å². The predicted octanol–water partition coefficient (Wildman–Crippen LogP) is 2.60. The number of nitrogens with one attached hydrogen (secondary N) is 1. The van der Waals surface area contributed by atoms with Gasteiger partial charge < -0.3 is 10.1 Å². The molecule has 1 N–H and O–H groups in total. The van der Waals surface area contributed by atoms with Crippen LogP contribution in [0.2, 0.25) is 0 Å². The molecule has 0 aromatic heterocycles.